The number of nitrogens with one attached hydrogen (secondary N) is 1. The predicted octanol–water partition coefficient (Wildman–Crippen LogP) is -0.631. The Balaban J connectivity index is 1.59. The summed E-state index contributed by atoms with van der Waals surface area (Å²) in [6.45, 7) is 5.39. The van der Waals surface area contributed by atoms with E-state index in [4.69, 9.17) is 4.42 Å². The van der Waals surface area contributed by atoms with Gasteiger partial charge in [0.15, 0.2) is 0 Å². The summed E-state index contributed by atoms with van der Waals surface area (Å²) in [6.07, 6.45) is 1.24. The number of piperazine rings is 1. The summed E-state index contributed by atoms with van der Waals surface area (Å²) in [5, 5.41) is 3.26. The lowest BCUT2D eigenvalue weighted by atomic mass is 10.1. The number of hydrogen-bond acceptors (Lipinski definition) is 5. The normalized spacial score (nSPS) is 21.2. The molecular formula is C13H17N3O3. The van der Waals surface area contributed by atoms with Crippen molar-refractivity contribution in [1.82, 2.24) is 15.1 Å². The van der Waals surface area contributed by atoms with Crippen molar-refractivity contribution in [3.63, 3.8) is 0 Å². The lowest BCUT2D eigenvalue weighted by molar-refractivity contribution is 0.0500. The van der Waals surface area contributed by atoms with Crippen LogP contribution in [0.4, 0.5) is 0 Å². The van der Waals surface area contributed by atoms with E-state index in [1.807, 2.05) is 4.90 Å². The van der Waals surface area contributed by atoms with Crippen molar-refractivity contribution >= 4 is 5.91 Å². The average molecular weight is 263 g/mol. The Morgan fingerprint density at radius 1 is 1.21 bits per heavy atom. The number of carbonyl (C=O) groups is 1. The molecule has 3 rings (SSSR count). The molecule has 0 aromatic carbocycles. The summed E-state index contributed by atoms with van der Waals surface area (Å²) >= 11 is 0. The van der Waals surface area contributed by atoms with Gasteiger partial charge in [0.05, 0.1) is 5.56 Å². The van der Waals surface area contributed by atoms with Gasteiger partial charge in [-0.3, -0.25) is 9.69 Å². The Kier molecular flexibility index (Phi) is 3.35. The van der Waals surface area contributed by atoms with E-state index in [9.17, 15) is 9.59 Å². The third-order valence-corrected chi connectivity index (χ3v) is 3.83. The lowest BCUT2D eigenvalue weighted by Gasteiger charge is -2.43. The van der Waals surface area contributed by atoms with Crippen molar-refractivity contribution in [1.29, 1.82) is 0 Å². The van der Waals surface area contributed by atoms with Gasteiger partial charge in [-0.1, -0.05) is 0 Å². The van der Waals surface area contributed by atoms with Gasteiger partial charge < -0.3 is 14.6 Å². The fraction of sp³-hybridized carbons (Fsp3) is 0.538. The molecule has 102 valence electrons. The fourth-order valence-corrected chi connectivity index (χ4v) is 2.48. The molecule has 3 heterocycles. The summed E-state index contributed by atoms with van der Waals surface area (Å²) in [5.74, 6) is -0.0601. The minimum absolute atomic E-state index is 0.0601. The largest absolute Gasteiger partial charge is 0.430 e. The summed E-state index contributed by atoms with van der Waals surface area (Å²) in [5.41, 5.74) is 0.0113. The Hall–Kier alpha value is -1.66. The van der Waals surface area contributed by atoms with Gasteiger partial charge in [0.25, 0.3) is 5.91 Å². The van der Waals surface area contributed by atoms with Crippen LogP contribution in [0.1, 0.15) is 10.4 Å². The van der Waals surface area contributed by atoms with Crippen LogP contribution in [0.5, 0.6) is 0 Å². The van der Waals surface area contributed by atoms with E-state index in [1.54, 1.807) is 0 Å². The van der Waals surface area contributed by atoms with Crippen LogP contribution in [0, 0.1) is 0 Å². The van der Waals surface area contributed by atoms with E-state index in [0.29, 0.717) is 11.6 Å². The van der Waals surface area contributed by atoms with E-state index in [-0.39, 0.29) is 5.91 Å². The zero-order valence-electron chi connectivity index (χ0n) is 10.7. The Morgan fingerprint density at radius 2 is 1.95 bits per heavy atom. The van der Waals surface area contributed by atoms with Crippen LogP contribution in [0.15, 0.2) is 27.6 Å². The van der Waals surface area contributed by atoms with Crippen LogP contribution in [0.25, 0.3) is 0 Å². The van der Waals surface area contributed by atoms with E-state index >= 15 is 0 Å². The molecule has 1 amide bonds. The molecule has 2 aliphatic rings. The quantitative estimate of drug-likeness (QED) is 0.769. The van der Waals surface area contributed by atoms with Gasteiger partial charge in [0.1, 0.15) is 6.26 Å². The minimum Gasteiger partial charge on any atom is -0.430 e. The highest BCUT2D eigenvalue weighted by Gasteiger charge is 2.29. The molecule has 0 bridgehead atoms. The van der Waals surface area contributed by atoms with Gasteiger partial charge in [0.2, 0.25) is 0 Å². The van der Waals surface area contributed by atoms with Crippen LogP contribution in [-0.2, 0) is 0 Å². The van der Waals surface area contributed by atoms with Crippen molar-refractivity contribution < 1.29 is 9.21 Å². The standard InChI is InChI=1S/C13H17N3O3/c17-12-2-1-10(9-19-12)13(18)16-5-3-15(4-6-16)11-7-14-8-11/h1-2,9,11,14H,3-8H2. The van der Waals surface area contributed by atoms with Gasteiger partial charge in [-0.2, -0.15) is 0 Å². The molecule has 0 spiro atoms. The van der Waals surface area contributed by atoms with Crippen LogP contribution in [0.2, 0.25) is 0 Å². The number of hydrogen-bond donors (Lipinski definition) is 1. The maximum atomic E-state index is 12.2. The maximum Gasteiger partial charge on any atom is 0.335 e. The third kappa shape index (κ3) is 2.54. The molecule has 0 aliphatic carbocycles. The molecule has 1 aromatic heterocycles. The number of rotatable bonds is 2. The SMILES string of the molecule is O=C(c1ccc(=O)oc1)N1CCN(C2CNC2)CC1. The number of carbonyl (C=O) groups excluding carboxylic acids is 1. The molecule has 1 N–H and O–H groups in total. The monoisotopic (exact) mass is 263 g/mol. The first-order valence-corrected chi connectivity index (χ1v) is 6.57. The van der Waals surface area contributed by atoms with Gasteiger partial charge in [-0.05, 0) is 6.07 Å². The summed E-state index contributed by atoms with van der Waals surface area (Å²) in [4.78, 5) is 27.3. The molecule has 2 saturated heterocycles. The Bertz CT molecular complexity index is 496. The van der Waals surface area contributed by atoms with Gasteiger partial charge in [0, 0.05) is 51.4 Å². The van der Waals surface area contributed by atoms with E-state index < -0.39 is 5.63 Å². The zero-order chi connectivity index (χ0) is 13.2. The van der Waals surface area contributed by atoms with Crippen molar-refractivity contribution in [2.75, 3.05) is 39.3 Å². The predicted molar refractivity (Wildman–Crippen MR) is 69.1 cm³/mol. The number of amides is 1. The molecule has 0 unspecified atom stereocenters. The van der Waals surface area contributed by atoms with Gasteiger partial charge >= 0.3 is 5.63 Å². The first-order chi connectivity index (χ1) is 9.24. The molecule has 6 nitrogen and oxygen atoms in total. The lowest BCUT2D eigenvalue weighted by Crippen LogP contribution is -2.62. The highest BCUT2D eigenvalue weighted by Crippen LogP contribution is 2.12. The van der Waals surface area contributed by atoms with E-state index in [0.717, 1.165) is 39.3 Å². The Labute approximate surface area is 111 Å². The Morgan fingerprint density at radius 3 is 2.47 bits per heavy atom. The molecule has 0 atom stereocenters. The van der Waals surface area contributed by atoms with Crippen LogP contribution < -0.4 is 10.9 Å². The molecule has 6 heteroatoms. The van der Waals surface area contributed by atoms with Crippen LogP contribution in [0.3, 0.4) is 0 Å². The summed E-state index contributed by atoms with van der Waals surface area (Å²) in [7, 11) is 0. The second-order valence-corrected chi connectivity index (χ2v) is 4.98. The molecule has 2 aliphatic heterocycles. The highest BCUT2D eigenvalue weighted by molar-refractivity contribution is 5.93. The van der Waals surface area contributed by atoms with Crippen molar-refractivity contribution in [3.05, 3.63) is 34.4 Å². The molecule has 2 fully saturated rings. The molecule has 0 saturated carbocycles. The first kappa shape index (κ1) is 12.4. The molecule has 0 radical (unpaired) electrons. The van der Waals surface area contributed by atoms with Crippen molar-refractivity contribution in [2.24, 2.45) is 0 Å². The smallest absolute Gasteiger partial charge is 0.335 e. The zero-order valence-corrected chi connectivity index (χ0v) is 10.7. The summed E-state index contributed by atoms with van der Waals surface area (Å²) in [6, 6.07) is 3.44. The van der Waals surface area contributed by atoms with Crippen LogP contribution >= 0.6 is 0 Å². The van der Waals surface area contributed by atoms with Gasteiger partial charge in [-0.15, -0.1) is 0 Å². The molecule has 19 heavy (non-hydrogen) atoms. The second kappa shape index (κ2) is 5.14. The molecular weight excluding hydrogens is 246 g/mol. The fourth-order valence-electron chi connectivity index (χ4n) is 2.48. The van der Waals surface area contributed by atoms with Crippen molar-refractivity contribution in [2.45, 2.75) is 6.04 Å². The van der Waals surface area contributed by atoms with Crippen molar-refractivity contribution in [3.8, 4) is 0 Å². The third-order valence-electron chi connectivity index (χ3n) is 3.83. The number of nitrogens with zero attached hydrogens (tertiary/aromatic N) is 2. The minimum atomic E-state index is -0.432. The highest BCUT2D eigenvalue weighted by atomic mass is 16.4. The average Bonchev–Trinajstić information content (AvgIpc) is 2.38. The first-order valence-electron chi connectivity index (χ1n) is 6.57. The topological polar surface area (TPSA) is 65.8 Å². The summed E-state index contributed by atoms with van der Waals surface area (Å²) < 4.78 is 4.73. The van der Waals surface area contributed by atoms with E-state index in [1.165, 1.54) is 18.4 Å². The second-order valence-electron chi connectivity index (χ2n) is 4.98. The van der Waals surface area contributed by atoms with Gasteiger partial charge in [-0.25, -0.2) is 4.79 Å². The molecule has 1 aromatic rings. The maximum absolute atomic E-state index is 12.2. The van der Waals surface area contributed by atoms with Crippen LogP contribution in [-0.4, -0.2) is 61.0 Å². The van der Waals surface area contributed by atoms with E-state index in [2.05, 4.69) is 10.2 Å².